The third kappa shape index (κ3) is 6.63. The Bertz CT molecular complexity index is 1520. The van der Waals surface area contributed by atoms with Crippen LogP contribution in [0.1, 0.15) is 12.5 Å². The van der Waals surface area contributed by atoms with Gasteiger partial charge in [-0.05, 0) is 42.8 Å². The number of benzene rings is 2. The van der Waals surface area contributed by atoms with Gasteiger partial charge in [-0.1, -0.05) is 24.3 Å². The van der Waals surface area contributed by atoms with E-state index in [1.165, 1.54) is 36.4 Å². The predicted molar refractivity (Wildman–Crippen MR) is 127 cm³/mol. The Morgan fingerprint density at radius 1 is 1.14 bits per heavy atom. The van der Waals surface area contributed by atoms with E-state index in [4.69, 9.17) is 8.92 Å². The number of hydrogen-bond donors (Lipinski definition) is 1. The van der Waals surface area contributed by atoms with Gasteiger partial charge in [-0.2, -0.15) is 23.0 Å². The van der Waals surface area contributed by atoms with Crippen molar-refractivity contribution in [2.45, 2.75) is 17.0 Å². The lowest BCUT2D eigenvalue weighted by atomic mass is 10.1. The summed E-state index contributed by atoms with van der Waals surface area (Å²) >= 11 is 0.651. The normalized spacial score (nSPS) is 12.0. The van der Waals surface area contributed by atoms with E-state index in [0.29, 0.717) is 17.1 Å². The molecule has 0 radical (unpaired) electrons. The Labute approximate surface area is 205 Å². The lowest BCUT2D eigenvalue weighted by molar-refractivity contribution is -0.112. The number of nitriles is 1. The number of amides is 1. The molecule has 0 aliphatic heterocycles. The maximum Gasteiger partial charge on any atom is 0.339 e. The molecular weight excluding hydrogens is 516 g/mol. The molecule has 0 aliphatic carbocycles. The van der Waals surface area contributed by atoms with Crippen molar-refractivity contribution >= 4 is 48.6 Å². The molecule has 182 valence electrons. The SMILES string of the molecule is CCOc1cc(/C=C(/C#N)C(=O)Nc2nc(S(C)(=O)=O)ns2)ccc1OS(=O)(=O)c1ccccc1. The van der Waals surface area contributed by atoms with Crippen LogP contribution in [-0.2, 0) is 24.7 Å². The zero-order valence-corrected chi connectivity index (χ0v) is 20.8. The van der Waals surface area contributed by atoms with Crippen LogP contribution in [0.2, 0.25) is 0 Å². The van der Waals surface area contributed by atoms with Crippen LogP contribution in [0.3, 0.4) is 0 Å². The van der Waals surface area contributed by atoms with E-state index >= 15 is 0 Å². The van der Waals surface area contributed by atoms with E-state index in [1.54, 1.807) is 31.2 Å². The second-order valence-electron chi connectivity index (χ2n) is 6.77. The smallest absolute Gasteiger partial charge is 0.339 e. The average Bonchev–Trinajstić information content (AvgIpc) is 3.29. The van der Waals surface area contributed by atoms with Crippen LogP contribution in [0, 0.1) is 11.3 Å². The van der Waals surface area contributed by atoms with Crippen molar-refractivity contribution < 1.29 is 30.6 Å². The van der Waals surface area contributed by atoms with E-state index in [9.17, 15) is 26.9 Å². The zero-order valence-electron chi connectivity index (χ0n) is 18.3. The third-order valence-corrected chi connectivity index (χ3v) is 6.97. The van der Waals surface area contributed by atoms with E-state index in [-0.39, 0.29) is 33.7 Å². The van der Waals surface area contributed by atoms with Crippen LogP contribution < -0.4 is 14.2 Å². The molecule has 11 nitrogen and oxygen atoms in total. The van der Waals surface area contributed by atoms with Crippen molar-refractivity contribution in [2.24, 2.45) is 0 Å². The van der Waals surface area contributed by atoms with Gasteiger partial charge in [0.1, 0.15) is 16.5 Å². The summed E-state index contributed by atoms with van der Waals surface area (Å²) in [6.45, 7) is 1.89. The summed E-state index contributed by atoms with van der Waals surface area (Å²) in [4.78, 5) is 16.2. The summed E-state index contributed by atoms with van der Waals surface area (Å²) in [6.07, 6.45) is 2.17. The number of ether oxygens (including phenoxy) is 1. The van der Waals surface area contributed by atoms with Gasteiger partial charge in [0.25, 0.3) is 11.1 Å². The second kappa shape index (κ2) is 10.6. The molecule has 2 aromatic carbocycles. The number of nitrogens with one attached hydrogen (secondary N) is 1. The second-order valence-corrected chi connectivity index (χ2v) is 11.0. The molecule has 3 rings (SSSR count). The summed E-state index contributed by atoms with van der Waals surface area (Å²) < 4.78 is 62.5. The molecule has 0 saturated carbocycles. The maximum absolute atomic E-state index is 12.6. The largest absolute Gasteiger partial charge is 0.490 e. The molecule has 0 saturated heterocycles. The van der Waals surface area contributed by atoms with Crippen LogP contribution in [0.5, 0.6) is 11.5 Å². The summed E-state index contributed by atoms with van der Waals surface area (Å²) in [5, 5.41) is 11.2. The van der Waals surface area contributed by atoms with E-state index < -0.39 is 31.0 Å². The number of sulfone groups is 1. The van der Waals surface area contributed by atoms with Gasteiger partial charge in [-0.15, -0.1) is 0 Å². The highest BCUT2D eigenvalue weighted by atomic mass is 32.2. The van der Waals surface area contributed by atoms with Gasteiger partial charge in [-0.3, -0.25) is 10.1 Å². The molecule has 1 N–H and O–H groups in total. The van der Waals surface area contributed by atoms with Gasteiger partial charge in [0.2, 0.25) is 15.0 Å². The molecule has 14 heteroatoms. The minimum atomic E-state index is -4.12. The molecule has 0 atom stereocenters. The first-order valence-electron chi connectivity index (χ1n) is 9.77. The van der Waals surface area contributed by atoms with Crippen LogP contribution >= 0.6 is 11.5 Å². The minimum absolute atomic E-state index is 0.0365. The molecule has 1 aromatic heterocycles. The molecule has 0 unspecified atom stereocenters. The Morgan fingerprint density at radius 2 is 1.86 bits per heavy atom. The lowest BCUT2D eigenvalue weighted by Crippen LogP contribution is -2.13. The quantitative estimate of drug-likeness (QED) is 0.245. The van der Waals surface area contributed by atoms with Crippen molar-refractivity contribution in [3.63, 3.8) is 0 Å². The number of aromatic nitrogens is 2. The molecule has 1 amide bonds. The fourth-order valence-corrected chi connectivity index (χ4v) is 5.00. The predicted octanol–water partition coefficient (Wildman–Crippen LogP) is 2.65. The number of carbonyl (C=O) groups is 1. The third-order valence-electron chi connectivity index (χ3n) is 4.13. The van der Waals surface area contributed by atoms with Crippen molar-refractivity contribution in [1.82, 2.24) is 9.36 Å². The number of hydrogen-bond acceptors (Lipinski definition) is 11. The summed E-state index contributed by atoms with van der Waals surface area (Å²) in [5.41, 5.74) is 0.0211. The van der Waals surface area contributed by atoms with E-state index in [0.717, 1.165) is 6.26 Å². The van der Waals surface area contributed by atoms with Crippen LogP contribution in [-0.4, -0.2) is 45.0 Å². The molecule has 35 heavy (non-hydrogen) atoms. The van der Waals surface area contributed by atoms with Crippen LogP contribution in [0.15, 0.2) is 64.2 Å². The lowest BCUT2D eigenvalue weighted by Gasteiger charge is -2.12. The molecule has 3 aromatic rings. The molecule has 0 fully saturated rings. The Kier molecular flexibility index (Phi) is 7.85. The average molecular weight is 535 g/mol. The van der Waals surface area contributed by atoms with Gasteiger partial charge < -0.3 is 8.92 Å². The number of rotatable bonds is 9. The maximum atomic E-state index is 12.6. The Balaban J connectivity index is 1.86. The van der Waals surface area contributed by atoms with E-state index in [2.05, 4.69) is 14.7 Å². The molecule has 0 bridgehead atoms. The van der Waals surface area contributed by atoms with Crippen molar-refractivity contribution in [3.05, 3.63) is 59.7 Å². The van der Waals surface area contributed by atoms with Gasteiger partial charge in [0.15, 0.2) is 11.5 Å². The molecule has 1 heterocycles. The fraction of sp³-hybridized carbons (Fsp3) is 0.143. The number of anilines is 1. The summed E-state index contributed by atoms with van der Waals surface area (Å²) in [7, 11) is -7.77. The van der Waals surface area contributed by atoms with Crippen molar-refractivity contribution in [2.75, 3.05) is 18.2 Å². The van der Waals surface area contributed by atoms with Gasteiger partial charge >= 0.3 is 10.1 Å². The van der Waals surface area contributed by atoms with Gasteiger partial charge in [0.05, 0.1) is 6.61 Å². The van der Waals surface area contributed by atoms with Crippen molar-refractivity contribution in [1.29, 1.82) is 5.26 Å². The summed E-state index contributed by atoms with van der Waals surface area (Å²) in [5.74, 6) is -0.827. The first-order valence-corrected chi connectivity index (χ1v) is 13.8. The Morgan fingerprint density at radius 3 is 2.46 bits per heavy atom. The highest BCUT2D eigenvalue weighted by Crippen LogP contribution is 2.32. The molecule has 0 spiro atoms. The fourth-order valence-electron chi connectivity index (χ4n) is 2.60. The monoisotopic (exact) mass is 534 g/mol. The van der Waals surface area contributed by atoms with Crippen LogP contribution in [0.4, 0.5) is 5.13 Å². The van der Waals surface area contributed by atoms with Gasteiger partial charge in [-0.25, -0.2) is 8.42 Å². The minimum Gasteiger partial charge on any atom is -0.490 e. The Hall–Kier alpha value is -3.80. The highest BCUT2D eigenvalue weighted by Gasteiger charge is 2.20. The topological polar surface area (TPSA) is 165 Å². The van der Waals surface area contributed by atoms with E-state index in [1.807, 2.05) is 0 Å². The first kappa shape index (κ1) is 25.8. The van der Waals surface area contributed by atoms with Gasteiger partial charge in [0, 0.05) is 17.8 Å². The zero-order chi connectivity index (χ0) is 25.6. The summed E-state index contributed by atoms with van der Waals surface area (Å²) in [6, 6.07) is 13.5. The number of nitrogens with zero attached hydrogens (tertiary/aromatic N) is 3. The first-order chi connectivity index (χ1) is 16.5. The van der Waals surface area contributed by atoms with Crippen LogP contribution in [0.25, 0.3) is 6.08 Å². The van der Waals surface area contributed by atoms with Crippen molar-refractivity contribution in [3.8, 4) is 17.6 Å². The molecular formula is C21H18N4O7S3. The number of carbonyl (C=O) groups excluding carboxylic acids is 1. The molecule has 0 aliphatic rings. The highest BCUT2D eigenvalue weighted by molar-refractivity contribution is 7.90. The standard InChI is InChI=1S/C21H18N4O7S3/c1-3-31-18-12-14(9-10-17(18)32-35(29,30)16-7-5-4-6-8-16)11-15(13-22)19(26)23-20-24-21(25-33-20)34(2,27)28/h4-12H,3H2,1-2H3,(H,23,24,25,26)/b15-11-.